The molecule has 0 amide bonds. The molecule has 1 fully saturated rings. The third kappa shape index (κ3) is 1.16. The van der Waals surface area contributed by atoms with E-state index in [2.05, 4.69) is 26.0 Å². The molecule has 0 aliphatic heterocycles. The summed E-state index contributed by atoms with van der Waals surface area (Å²) < 4.78 is 2.67. The van der Waals surface area contributed by atoms with Crippen molar-refractivity contribution in [2.75, 3.05) is 0 Å². The van der Waals surface area contributed by atoms with Crippen LogP contribution in [0.25, 0.3) is 5.65 Å². The second-order valence-corrected chi connectivity index (χ2v) is 4.68. The average Bonchev–Trinajstić information content (AvgIpc) is 2.77. The lowest BCUT2D eigenvalue weighted by atomic mass is 10.2. The second-order valence-electron chi connectivity index (χ2n) is 3.76. The summed E-state index contributed by atoms with van der Waals surface area (Å²) in [5.74, 6) is 0. The number of hydrogen-bond acceptors (Lipinski definition) is 3. The summed E-state index contributed by atoms with van der Waals surface area (Å²) in [7, 11) is 0. The molecule has 2 aromatic rings. The molecule has 1 aliphatic rings. The maximum Gasteiger partial charge on any atom is 0.155 e. The van der Waals surface area contributed by atoms with Crippen molar-refractivity contribution in [2.45, 2.75) is 18.4 Å². The fourth-order valence-electron chi connectivity index (χ4n) is 1.49. The molecule has 0 atom stereocenters. The van der Waals surface area contributed by atoms with E-state index in [9.17, 15) is 0 Å². The first kappa shape index (κ1) is 8.38. The number of hydrogen-bond donors (Lipinski definition) is 1. The molecule has 5 heteroatoms. The topological polar surface area (TPSA) is 56.2 Å². The number of fused-ring (bicyclic) bond motifs is 1. The van der Waals surface area contributed by atoms with Crippen LogP contribution in [0.2, 0.25) is 0 Å². The highest BCUT2D eigenvalue weighted by atomic mass is 79.9. The van der Waals surface area contributed by atoms with Crippen LogP contribution in [0.4, 0.5) is 0 Å². The van der Waals surface area contributed by atoms with E-state index in [0.29, 0.717) is 0 Å². The van der Waals surface area contributed by atoms with Crippen LogP contribution in [0.3, 0.4) is 0 Å². The van der Waals surface area contributed by atoms with Gasteiger partial charge in [0, 0.05) is 18.5 Å². The van der Waals surface area contributed by atoms with Gasteiger partial charge in [0.1, 0.15) is 0 Å². The normalized spacial score (nSPS) is 18.7. The Hall–Kier alpha value is -0.940. The Bertz CT molecular complexity index is 500. The smallest absolute Gasteiger partial charge is 0.155 e. The zero-order valence-electron chi connectivity index (χ0n) is 7.44. The van der Waals surface area contributed by atoms with E-state index in [-0.39, 0.29) is 5.54 Å². The maximum atomic E-state index is 6.05. The van der Waals surface area contributed by atoms with Crippen LogP contribution in [0.15, 0.2) is 22.9 Å². The van der Waals surface area contributed by atoms with Crippen molar-refractivity contribution >= 4 is 21.6 Å². The maximum absolute atomic E-state index is 6.05. The molecular weight excluding hydrogens is 244 g/mol. The van der Waals surface area contributed by atoms with Crippen molar-refractivity contribution in [3.63, 3.8) is 0 Å². The van der Waals surface area contributed by atoms with E-state index >= 15 is 0 Å². The summed E-state index contributed by atoms with van der Waals surface area (Å²) >= 11 is 3.35. The lowest BCUT2D eigenvalue weighted by molar-refractivity contribution is 0.691. The van der Waals surface area contributed by atoms with Gasteiger partial charge in [-0.15, -0.1) is 0 Å². The SMILES string of the molecule is NC1(c2cc3ncc(Br)cn3n2)CC1. The quantitative estimate of drug-likeness (QED) is 0.836. The van der Waals surface area contributed by atoms with Crippen molar-refractivity contribution < 1.29 is 0 Å². The molecule has 14 heavy (non-hydrogen) atoms. The van der Waals surface area contributed by atoms with E-state index in [0.717, 1.165) is 28.7 Å². The van der Waals surface area contributed by atoms with Gasteiger partial charge in [-0.2, -0.15) is 5.10 Å². The van der Waals surface area contributed by atoms with Gasteiger partial charge in [0.05, 0.1) is 15.7 Å². The number of aromatic nitrogens is 3. The van der Waals surface area contributed by atoms with Crippen molar-refractivity contribution in [1.29, 1.82) is 0 Å². The first-order valence-electron chi connectivity index (χ1n) is 4.48. The summed E-state index contributed by atoms with van der Waals surface area (Å²) in [5.41, 5.74) is 7.67. The van der Waals surface area contributed by atoms with Crippen molar-refractivity contribution in [1.82, 2.24) is 14.6 Å². The lowest BCUT2D eigenvalue weighted by Crippen LogP contribution is -2.19. The van der Waals surface area contributed by atoms with Crippen LogP contribution >= 0.6 is 15.9 Å². The Balaban J connectivity index is 2.20. The largest absolute Gasteiger partial charge is 0.320 e. The standard InChI is InChI=1S/C9H9BrN4/c10-6-4-12-8-3-7(9(11)1-2-9)13-14(8)5-6/h3-5H,1-2,11H2. The van der Waals surface area contributed by atoms with Gasteiger partial charge in [-0.25, -0.2) is 9.50 Å². The molecule has 72 valence electrons. The van der Waals surface area contributed by atoms with Gasteiger partial charge in [-0.05, 0) is 28.8 Å². The predicted molar refractivity (Wildman–Crippen MR) is 55.8 cm³/mol. The fraction of sp³-hybridized carbons (Fsp3) is 0.333. The Kier molecular flexibility index (Phi) is 1.52. The first-order valence-corrected chi connectivity index (χ1v) is 5.27. The molecule has 2 heterocycles. The summed E-state index contributed by atoms with van der Waals surface area (Å²) in [5, 5.41) is 4.41. The van der Waals surface area contributed by atoms with Gasteiger partial charge in [-0.1, -0.05) is 0 Å². The predicted octanol–water partition coefficient (Wildman–Crippen LogP) is 1.44. The van der Waals surface area contributed by atoms with Crippen LogP contribution in [0.5, 0.6) is 0 Å². The summed E-state index contributed by atoms with van der Waals surface area (Å²) in [6.45, 7) is 0. The highest BCUT2D eigenvalue weighted by Gasteiger charge is 2.42. The van der Waals surface area contributed by atoms with Gasteiger partial charge in [0.25, 0.3) is 0 Å². The molecule has 2 aromatic heterocycles. The van der Waals surface area contributed by atoms with Gasteiger partial charge in [0.2, 0.25) is 0 Å². The minimum Gasteiger partial charge on any atom is -0.320 e. The van der Waals surface area contributed by atoms with Gasteiger partial charge in [-0.3, -0.25) is 0 Å². The monoisotopic (exact) mass is 252 g/mol. The lowest BCUT2D eigenvalue weighted by Gasteiger charge is -2.00. The number of halogens is 1. The summed E-state index contributed by atoms with van der Waals surface area (Å²) in [4.78, 5) is 4.24. The van der Waals surface area contributed by atoms with Gasteiger partial charge >= 0.3 is 0 Å². The summed E-state index contributed by atoms with van der Waals surface area (Å²) in [6.07, 6.45) is 5.70. The molecular formula is C9H9BrN4. The molecule has 1 saturated carbocycles. The van der Waals surface area contributed by atoms with E-state index in [1.165, 1.54) is 0 Å². The molecule has 0 saturated heterocycles. The summed E-state index contributed by atoms with van der Waals surface area (Å²) in [6, 6.07) is 1.96. The van der Waals surface area contributed by atoms with Gasteiger partial charge in [0.15, 0.2) is 5.65 Å². The molecule has 0 aromatic carbocycles. The van der Waals surface area contributed by atoms with Crippen LogP contribution in [0, 0.1) is 0 Å². The molecule has 1 aliphatic carbocycles. The first-order chi connectivity index (χ1) is 6.67. The Labute approximate surface area is 89.3 Å². The Morgan fingerprint density at radius 1 is 1.50 bits per heavy atom. The zero-order chi connectivity index (χ0) is 9.76. The fourth-order valence-corrected chi connectivity index (χ4v) is 1.78. The molecule has 0 unspecified atom stereocenters. The molecule has 3 rings (SSSR count). The molecule has 2 N–H and O–H groups in total. The van der Waals surface area contributed by atoms with Crippen LogP contribution in [-0.2, 0) is 5.54 Å². The Morgan fingerprint density at radius 3 is 3.00 bits per heavy atom. The average molecular weight is 253 g/mol. The molecule has 0 bridgehead atoms. The third-order valence-electron chi connectivity index (χ3n) is 2.58. The highest BCUT2D eigenvalue weighted by molar-refractivity contribution is 9.10. The van der Waals surface area contributed by atoms with Crippen molar-refractivity contribution in [3.8, 4) is 0 Å². The minimum absolute atomic E-state index is 0.180. The van der Waals surface area contributed by atoms with Crippen molar-refractivity contribution in [2.24, 2.45) is 5.73 Å². The second kappa shape index (κ2) is 2.55. The van der Waals surface area contributed by atoms with E-state index in [1.54, 1.807) is 10.7 Å². The van der Waals surface area contributed by atoms with E-state index < -0.39 is 0 Å². The molecule has 0 radical (unpaired) electrons. The Morgan fingerprint density at radius 2 is 2.29 bits per heavy atom. The molecule has 0 spiro atoms. The number of nitrogens with two attached hydrogens (primary N) is 1. The van der Waals surface area contributed by atoms with Crippen LogP contribution < -0.4 is 5.73 Å². The van der Waals surface area contributed by atoms with Gasteiger partial charge < -0.3 is 5.73 Å². The van der Waals surface area contributed by atoms with Crippen molar-refractivity contribution in [3.05, 3.63) is 28.6 Å². The zero-order valence-corrected chi connectivity index (χ0v) is 9.03. The van der Waals surface area contributed by atoms with E-state index in [1.807, 2.05) is 12.3 Å². The number of nitrogens with zero attached hydrogens (tertiary/aromatic N) is 3. The minimum atomic E-state index is -0.180. The highest BCUT2D eigenvalue weighted by Crippen LogP contribution is 2.41. The number of rotatable bonds is 1. The van der Waals surface area contributed by atoms with Crippen LogP contribution in [0.1, 0.15) is 18.5 Å². The third-order valence-corrected chi connectivity index (χ3v) is 2.99. The van der Waals surface area contributed by atoms with E-state index in [4.69, 9.17) is 5.73 Å². The van der Waals surface area contributed by atoms with Crippen LogP contribution in [-0.4, -0.2) is 14.6 Å². The molecule has 4 nitrogen and oxygen atoms in total.